The highest BCUT2D eigenvalue weighted by molar-refractivity contribution is 5.94. The van der Waals surface area contributed by atoms with Crippen LogP contribution in [-0.4, -0.2) is 43.4 Å². The lowest BCUT2D eigenvalue weighted by Crippen LogP contribution is -2.63. The number of rotatable bonds is 4. The van der Waals surface area contributed by atoms with E-state index in [0.29, 0.717) is 12.5 Å². The standard InChI is InChI=1S/C14H18N2O4/c1-19-7-10-11(8-4-6-20-12(8)10)16-14(18)9-3-2-5-15-13(9)17/h2-3,5,8,10-12H,4,6-7H2,1H3,(H,15,17)(H,16,18)/t8-,10+,11-,12-/m1/s1. The third-order valence-electron chi connectivity index (χ3n) is 4.25. The van der Waals surface area contributed by atoms with E-state index >= 15 is 0 Å². The lowest BCUT2D eigenvalue weighted by atomic mass is 9.67. The van der Waals surface area contributed by atoms with Gasteiger partial charge >= 0.3 is 0 Å². The first kappa shape index (κ1) is 13.3. The maximum atomic E-state index is 12.2. The summed E-state index contributed by atoms with van der Waals surface area (Å²) >= 11 is 0. The number of amides is 1. The number of hydrogen-bond acceptors (Lipinski definition) is 4. The molecule has 3 rings (SSSR count). The van der Waals surface area contributed by atoms with Gasteiger partial charge in [-0.3, -0.25) is 9.59 Å². The number of ether oxygens (including phenoxy) is 2. The average Bonchev–Trinajstić information content (AvgIpc) is 2.87. The van der Waals surface area contributed by atoms with Crippen molar-refractivity contribution in [1.29, 1.82) is 0 Å². The Hall–Kier alpha value is -1.66. The van der Waals surface area contributed by atoms with E-state index in [1.54, 1.807) is 13.2 Å². The van der Waals surface area contributed by atoms with Crippen molar-refractivity contribution in [3.63, 3.8) is 0 Å². The van der Waals surface area contributed by atoms with Crippen molar-refractivity contribution >= 4 is 5.91 Å². The molecule has 2 aliphatic rings. The van der Waals surface area contributed by atoms with Gasteiger partial charge in [-0.2, -0.15) is 0 Å². The van der Waals surface area contributed by atoms with Gasteiger partial charge in [0.1, 0.15) is 5.56 Å². The molecule has 0 aromatic carbocycles. The van der Waals surface area contributed by atoms with Crippen molar-refractivity contribution in [2.75, 3.05) is 20.3 Å². The smallest absolute Gasteiger partial charge is 0.260 e. The molecule has 1 aliphatic heterocycles. The van der Waals surface area contributed by atoms with Crippen LogP contribution >= 0.6 is 0 Å². The first-order chi connectivity index (χ1) is 9.72. The van der Waals surface area contributed by atoms with Crippen LogP contribution in [0.25, 0.3) is 0 Å². The highest BCUT2D eigenvalue weighted by Crippen LogP contribution is 2.43. The van der Waals surface area contributed by atoms with Crippen molar-refractivity contribution in [2.45, 2.75) is 18.6 Å². The Labute approximate surface area is 116 Å². The third-order valence-corrected chi connectivity index (χ3v) is 4.25. The number of fused-ring (bicyclic) bond motifs is 1. The van der Waals surface area contributed by atoms with E-state index in [1.807, 2.05) is 0 Å². The Morgan fingerprint density at radius 3 is 3.20 bits per heavy atom. The van der Waals surface area contributed by atoms with Crippen molar-refractivity contribution in [1.82, 2.24) is 10.3 Å². The number of aromatic amines is 1. The Bertz CT molecular complexity index is 556. The normalized spacial score (nSPS) is 31.4. The van der Waals surface area contributed by atoms with Crippen LogP contribution in [0.5, 0.6) is 0 Å². The minimum absolute atomic E-state index is 0.0227. The van der Waals surface area contributed by atoms with E-state index in [1.165, 1.54) is 12.3 Å². The fourth-order valence-corrected chi connectivity index (χ4v) is 3.26. The van der Waals surface area contributed by atoms with Gasteiger partial charge in [-0.15, -0.1) is 0 Å². The number of H-pyrrole nitrogens is 1. The Morgan fingerprint density at radius 2 is 2.45 bits per heavy atom. The molecule has 1 aromatic rings. The molecule has 4 atom stereocenters. The summed E-state index contributed by atoms with van der Waals surface area (Å²) in [4.78, 5) is 26.3. The van der Waals surface area contributed by atoms with E-state index in [0.717, 1.165) is 13.0 Å². The molecule has 2 N–H and O–H groups in total. The van der Waals surface area contributed by atoms with Crippen LogP contribution in [0.4, 0.5) is 0 Å². The number of pyridine rings is 1. The van der Waals surface area contributed by atoms with Gasteiger partial charge in [-0.25, -0.2) is 0 Å². The summed E-state index contributed by atoms with van der Waals surface area (Å²) in [6, 6.07) is 3.20. The van der Waals surface area contributed by atoms with Crippen LogP contribution in [0.15, 0.2) is 23.1 Å². The summed E-state index contributed by atoms with van der Waals surface area (Å²) in [6.07, 6.45) is 2.63. The van der Waals surface area contributed by atoms with Crippen molar-refractivity contribution in [3.8, 4) is 0 Å². The third kappa shape index (κ3) is 2.14. The number of hydrogen-bond donors (Lipinski definition) is 2. The van der Waals surface area contributed by atoms with Crippen LogP contribution in [0.1, 0.15) is 16.8 Å². The molecule has 1 amide bonds. The zero-order valence-corrected chi connectivity index (χ0v) is 11.3. The van der Waals surface area contributed by atoms with Gasteiger partial charge in [-0.1, -0.05) is 0 Å². The molecule has 0 spiro atoms. The number of methoxy groups -OCH3 is 1. The maximum absolute atomic E-state index is 12.2. The van der Waals surface area contributed by atoms with Gasteiger partial charge < -0.3 is 19.8 Å². The summed E-state index contributed by atoms with van der Waals surface area (Å²) in [7, 11) is 1.64. The van der Waals surface area contributed by atoms with Gasteiger partial charge in [0.2, 0.25) is 0 Å². The van der Waals surface area contributed by atoms with Gasteiger partial charge in [0.15, 0.2) is 0 Å². The minimum Gasteiger partial charge on any atom is -0.384 e. The number of carbonyl (C=O) groups is 1. The predicted molar refractivity (Wildman–Crippen MR) is 71.5 cm³/mol. The van der Waals surface area contributed by atoms with E-state index in [2.05, 4.69) is 10.3 Å². The second-order valence-corrected chi connectivity index (χ2v) is 5.32. The minimum atomic E-state index is -0.369. The van der Waals surface area contributed by atoms with E-state index in [4.69, 9.17) is 9.47 Å². The molecule has 0 radical (unpaired) electrons. The monoisotopic (exact) mass is 278 g/mol. The van der Waals surface area contributed by atoms with Crippen LogP contribution in [-0.2, 0) is 9.47 Å². The molecule has 0 unspecified atom stereocenters. The summed E-state index contributed by atoms with van der Waals surface area (Å²) in [6.45, 7) is 1.28. The highest BCUT2D eigenvalue weighted by Gasteiger charge is 2.54. The Kier molecular flexibility index (Phi) is 3.58. The molecule has 6 nitrogen and oxygen atoms in total. The van der Waals surface area contributed by atoms with Crippen molar-refractivity contribution in [3.05, 3.63) is 34.2 Å². The molecule has 1 aliphatic carbocycles. The van der Waals surface area contributed by atoms with Crippen LogP contribution in [0, 0.1) is 11.8 Å². The first-order valence-corrected chi connectivity index (χ1v) is 6.81. The summed E-state index contributed by atoms with van der Waals surface area (Å²) < 4.78 is 10.9. The molecule has 2 heterocycles. The number of nitrogens with one attached hydrogen (secondary N) is 2. The Morgan fingerprint density at radius 1 is 1.60 bits per heavy atom. The van der Waals surface area contributed by atoms with E-state index < -0.39 is 0 Å². The highest BCUT2D eigenvalue weighted by atomic mass is 16.5. The van der Waals surface area contributed by atoms with Crippen molar-refractivity contribution < 1.29 is 14.3 Å². The quantitative estimate of drug-likeness (QED) is 0.822. The molecule has 108 valence electrons. The van der Waals surface area contributed by atoms with E-state index in [9.17, 15) is 9.59 Å². The molecule has 2 fully saturated rings. The molecular weight excluding hydrogens is 260 g/mol. The molecule has 0 bridgehead atoms. The largest absolute Gasteiger partial charge is 0.384 e. The second kappa shape index (κ2) is 5.38. The fourth-order valence-electron chi connectivity index (χ4n) is 3.26. The number of carbonyl (C=O) groups excluding carboxylic acids is 1. The van der Waals surface area contributed by atoms with Gasteiger partial charge in [0, 0.05) is 37.8 Å². The first-order valence-electron chi connectivity index (χ1n) is 6.81. The SMILES string of the molecule is COC[C@H]1[C@H](NC(=O)c2ccc[nH]c2=O)[C@H]2CCO[C@H]21. The predicted octanol–water partition coefficient (Wildman–Crippen LogP) is 0.155. The number of aromatic nitrogens is 1. The zero-order chi connectivity index (χ0) is 14.1. The lowest BCUT2D eigenvalue weighted by Gasteiger charge is -2.47. The second-order valence-electron chi connectivity index (χ2n) is 5.32. The topological polar surface area (TPSA) is 80.4 Å². The molecule has 20 heavy (non-hydrogen) atoms. The Balaban J connectivity index is 1.72. The molecule has 1 saturated carbocycles. The van der Waals surface area contributed by atoms with E-state index in [-0.39, 0.29) is 35.1 Å². The van der Waals surface area contributed by atoms with Crippen LogP contribution in [0.2, 0.25) is 0 Å². The van der Waals surface area contributed by atoms with Crippen molar-refractivity contribution in [2.24, 2.45) is 11.8 Å². The molecule has 1 saturated heterocycles. The molecular formula is C14H18N2O4. The summed E-state index contributed by atoms with van der Waals surface area (Å²) in [5.74, 6) is 0.171. The lowest BCUT2D eigenvalue weighted by molar-refractivity contribution is -0.0809. The van der Waals surface area contributed by atoms with Gasteiger partial charge in [-0.05, 0) is 18.6 Å². The van der Waals surface area contributed by atoms with Gasteiger partial charge in [0.25, 0.3) is 11.5 Å². The fraction of sp³-hybridized carbons (Fsp3) is 0.571. The summed E-state index contributed by atoms with van der Waals surface area (Å²) in [5.41, 5.74) is -0.224. The molecule has 6 heteroatoms. The van der Waals surface area contributed by atoms with Gasteiger partial charge in [0.05, 0.1) is 12.7 Å². The zero-order valence-electron chi connectivity index (χ0n) is 11.3. The summed E-state index contributed by atoms with van der Waals surface area (Å²) in [5, 5.41) is 2.96. The molecule has 1 aromatic heterocycles. The maximum Gasteiger partial charge on any atom is 0.260 e. The van der Waals surface area contributed by atoms with Crippen LogP contribution < -0.4 is 10.9 Å². The van der Waals surface area contributed by atoms with Crippen LogP contribution in [0.3, 0.4) is 0 Å². The average molecular weight is 278 g/mol.